The average Bonchev–Trinajstić information content (AvgIpc) is 2.48. The monoisotopic (exact) mass is 352 g/mol. The van der Waals surface area contributed by atoms with Crippen molar-refractivity contribution in [2.24, 2.45) is 0 Å². The SMILES string of the molecule is CC(C)N(Cc1ccccc1)C(=S)Nc1ccc(Cl)cc1Cl. The first-order valence-electron chi connectivity index (χ1n) is 7.04. The van der Waals surface area contributed by atoms with Crippen molar-refractivity contribution < 1.29 is 0 Å². The van der Waals surface area contributed by atoms with Crippen molar-refractivity contribution in [2.45, 2.75) is 26.4 Å². The van der Waals surface area contributed by atoms with Crippen LogP contribution in [-0.2, 0) is 6.54 Å². The van der Waals surface area contributed by atoms with E-state index in [1.165, 1.54) is 5.56 Å². The lowest BCUT2D eigenvalue weighted by Crippen LogP contribution is -2.39. The molecule has 0 amide bonds. The summed E-state index contributed by atoms with van der Waals surface area (Å²) in [6.07, 6.45) is 0. The second-order valence-corrected chi connectivity index (χ2v) is 6.49. The summed E-state index contributed by atoms with van der Waals surface area (Å²) in [5, 5.41) is 5.00. The van der Waals surface area contributed by atoms with Crippen molar-refractivity contribution in [3.05, 3.63) is 64.1 Å². The molecule has 0 fully saturated rings. The van der Waals surface area contributed by atoms with Gasteiger partial charge in [0.1, 0.15) is 0 Å². The Bertz CT molecular complexity index is 644. The molecule has 2 aromatic carbocycles. The maximum Gasteiger partial charge on any atom is 0.173 e. The fourth-order valence-electron chi connectivity index (χ4n) is 2.05. The Morgan fingerprint density at radius 1 is 1.14 bits per heavy atom. The molecule has 0 aliphatic rings. The van der Waals surface area contributed by atoms with Crippen LogP contribution in [-0.4, -0.2) is 16.1 Å². The zero-order valence-electron chi connectivity index (χ0n) is 12.5. The number of benzene rings is 2. The highest BCUT2D eigenvalue weighted by molar-refractivity contribution is 7.80. The van der Waals surface area contributed by atoms with Crippen LogP contribution in [0.2, 0.25) is 10.0 Å². The third kappa shape index (κ3) is 4.60. The van der Waals surface area contributed by atoms with Gasteiger partial charge < -0.3 is 10.2 Å². The standard InChI is InChI=1S/C17H18Cl2N2S/c1-12(2)21(11-13-6-4-3-5-7-13)17(22)20-16-9-8-14(18)10-15(16)19/h3-10,12H,11H2,1-2H3,(H,20,22). The number of nitrogens with one attached hydrogen (secondary N) is 1. The van der Waals surface area contributed by atoms with E-state index in [1.54, 1.807) is 12.1 Å². The van der Waals surface area contributed by atoms with Crippen molar-refractivity contribution in [3.63, 3.8) is 0 Å². The van der Waals surface area contributed by atoms with Crippen LogP contribution in [0.1, 0.15) is 19.4 Å². The van der Waals surface area contributed by atoms with Crippen LogP contribution in [0.15, 0.2) is 48.5 Å². The van der Waals surface area contributed by atoms with Gasteiger partial charge in [0.2, 0.25) is 0 Å². The minimum Gasteiger partial charge on any atom is -0.342 e. The minimum atomic E-state index is 0.270. The molecule has 116 valence electrons. The van der Waals surface area contributed by atoms with Gasteiger partial charge >= 0.3 is 0 Å². The average molecular weight is 353 g/mol. The molecule has 0 heterocycles. The normalized spacial score (nSPS) is 10.6. The molecular formula is C17H18Cl2N2S. The molecule has 0 aromatic heterocycles. The molecule has 0 saturated carbocycles. The molecule has 0 aliphatic heterocycles. The van der Waals surface area contributed by atoms with Gasteiger partial charge in [-0.2, -0.15) is 0 Å². The van der Waals surface area contributed by atoms with Crippen LogP contribution in [0.25, 0.3) is 0 Å². The molecule has 0 radical (unpaired) electrons. The Kier molecular flexibility index (Phi) is 6.07. The van der Waals surface area contributed by atoms with Crippen LogP contribution in [0.4, 0.5) is 5.69 Å². The third-order valence-corrected chi connectivity index (χ3v) is 4.14. The smallest absolute Gasteiger partial charge is 0.173 e. The van der Waals surface area contributed by atoms with E-state index in [0.717, 1.165) is 12.2 Å². The summed E-state index contributed by atoms with van der Waals surface area (Å²) in [5.41, 5.74) is 1.97. The van der Waals surface area contributed by atoms with E-state index in [-0.39, 0.29) is 6.04 Å². The second-order valence-electron chi connectivity index (χ2n) is 5.26. The number of rotatable bonds is 4. The molecule has 0 atom stereocenters. The number of halogens is 2. The molecule has 0 unspecified atom stereocenters. The van der Waals surface area contributed by atoms with Gasteiger partial charge in [-0.3, -0.25) is 0 Å². The van der Waals surface area contributed by atoms with E-state index in [4.69, 9.17) is 35.4 Å². The third-order valence-electron chi connectivity index (χ3n) is 3.25. The Balaban J connectivity index is 2.13. The number of nitrogens with zero attached hydrogens (tertiary/aromatic N) is 1. The van der Waals surface area contributed by atoms with Gasteiger partial charge in [0.05, 0.1) is 10.7 Å². The number of thiocarbonyl (C=S) groups is 1. The van der Waals surface area contributed by atoms with Crippen LogP contribution >= 0.6 is 35.4 Å². The van der Waals surface area contributed by atoms with E-state index in [1.807, 2.05) is 24.3 Å². The van der Waals surface area contributed by atoms with Gasteiger partial charge in [-0.1, -0.05) is 53.5 Å². The first-order valence-corrected chi connectivity index (χ1v) is 8.20. The van der Waals surface area contributed by atoms with Crippen LogP contribution in [0.3, 0.4) is 0 Å². The van der Waals surface area contributed by atoms with E-state index >= 15 is 0 Å². The van der Waals surface area contributed by atoms with Gasteiger partial charge in [0.15, 0.2) is 5.11 Å². The minimum absolute atomic E-state index is 0.270. The molecular weight excluding hydrogens is 335 g/mol. The summed E-state index contributed by atoms with van der Waals surface area (Å²) in [4.78, 5) is 2.12. The molecule has 22 heavy (non-hydrogen) atoms. The van der Waals surface area contributed by atoms with E-state index in [9.17, 15) is 0 Å². The van der Waals surface area contributed by atoms with E-state index < -0.39 is 0 Å². The Morgan fingerprint density at radius 2 is 1.82 bits per heavy atom. The lowest BCUT2D eigenvalue weighted by molar-refractivity contribution is 0.348. The van der Waals surface area contributed by atoms with Crippen LogP contribution in [0.5, 0.6) is 0 Å². The molecule has 0 saturated heterocycles. The maximum atomic E-state index is 6.19. The zero-order valence-corrected chi connectivity index (χ0v) is 14.8. The van der Waals surface area contributed by atoms with E-state index in [2.05, 4.69) is 36.2 Å². The Hall–Kier alpha value is -1.29. The van der Waals surface area contributed by atoms with Gasteiger partial charge in [-0.15, -0.1) is 0 Å². The predicted molar refractivity (Wildman–Crippen MR) is 99.8 cm³/mol. The highest BCUT2D eigenvalue weighted by Gasteiger charge is 2.15. The summed E-state index contributed by atoms with van der Waals surface area (Å²) < 4.78 is 0. The highest BCUT2D eigenvalue weighted by Crippen LogP contribution is 2.26. The summed E-state index contributed by atoms with van der Waals surface area (Å²) in [5.74, 6) is 0. The van der Waals surface area contributed by atoms with Gasteiger partial charge in [0.25, 0.3) is 0 Å². The lowest BCUT2D eigenvalue weighted by Gasteiger charge is -2.30. The summed E-state index contributed by atoms with van der Waals surface area (Å²) in [6, 6.07) is 15.8. The molecule has 5 heteroatoms. The molecule has 2 nitrogen and oxygen atoms in total. The summed E-state index contributed by atoms with van der Waals surface area (Å²) in [7, 11) is 0. The van der Waals surface area contributed by atoms with Crippen molar-refractivity contribution in [1.29, 1.82) is 0 Å². The van der Waals surface area contributed by atoms with Crippen LogP contribution < -0.4 is 5.32 Å². The molecule has 1 N–H and O–H groups in total. The molecule has 2 rings (SSSR count). The topological polar surface area (TPSA) is 15.3 Å². The Labute approximate surface area is 147 Å². The van der Waals surface area contributed by atoms with Gasteiger partial charge in [-0.25, -0.2) is 0 Å². The predicted octanol–water partition coefficient (Wildman–Crippen LogP) is 5.60. The van der Waals surface area contributed by atoms with Crippen molar-refractivity contribution >= 4 is 46.2 Å². The number of hydrogen-bond donors (Lipinski definition) is 1. The molecule has 0 bridgehead atoms. The maximum absolute atomic E-state index is 6.19. The number of hydrogen-bond acceptors (Lipinski definition) is 1. The quantitative estimate of drug-likeness (QED) is 0.720. The fraction of sp³-hybridized carbons (Fsp3) is 0.235. The first kappa shape index (κ1) is 17.1. The second kappa shape index (κ2) is 7.82. The molecule has 2 aromatic rings. The van der Waals surface area contributed by atoms with Crippen LogP contribution in [0, 0.1) is 0 Å². The fourth-order valence-corrected chi connectivity index (χ4v) is 2.89. The Morgan fingerprint density at radius 3 is 2.41 bits per heavy atom. The van der Waals surface area contributed by atoms with E-state index in [0.29, 0.717) is 15.2 Å². The lowest BCUT2D eigenvalue weighted by atomic mass is 10.2. The van der Waals surface area contributed by atoms with Crippen molar-refractivity contribution in [3.8, 4) is 0 Å². The van der Waals surface area contributed by atoms with Crippen molar-refractivity contribution in [2.75, 3.05) is 5.32 Å². The zero-order chi connectivity index (χ0) is 16.1. The largest absolute Gasteiger partial charge is 0.342 e. The number of anilines is 1. The van der Waals surface area contributed by atoms with Crippen molar-refractivity contribution in [1.82, 2.24) is 4.90 Å². The summed E-state index contributed by atoms with van der Waals surface area (Å²) in [6.45, 7) is 4.97. The first-order chi connectivity index (χ1) is 10.5. The van der Waals surface area contributed by atoms with Gasteiger partial charge in [0, 0.05) is 17.6 Å². The highest BCUT2D eigenvalue weighted by atomic mass is 35.5. The summed E-state index contributed by atoms with van der Waals surface area (Å²) >= 11 is 17.7. The molecule has 0 spiro atoms. The molecule has 0 aliphatic carbocycles. The van der Waals surface area contributed by atoms with Gasteiger partial charge in [-0.05, 0) is 49.8 Å².